The molecule has 0 aliphatic heterocycles. The van der Waals surface area contributed by atoms with Gasteiger partial charge in [-0.05, 0) is 19.3 Å². The Kier molecular flexibility index (Phi) is 3.22. The highest BCUT2D eigenvalue weighted by molar-refractivity contribution is 5.80. The molecule has 0 bridgehead atoms. The first-order chi connectivity index (χ1) is 5.79. The van der Waals surface area contributed by atoms with Crippen LogP contribution >= 0.6 is 0 Å². The summed E-state index contributed by atoms with van der Waals surface area (Å²) in [4.78, 5) is 22.8. The van der Waals surface area contributed by atoms with Crippen molar-refractivity contribution in [3.8, 4) is 0 Å². The second kappa shape index (κ2) is 4.21. The van der Waals surface area contributed by atoms with Crippen LogP contribution in [0.5, 0.6) is 0 Å². The Bertz CT molecular complexity index is 178. The van der Waals surface area contributed by atoms with Crippen LogP contribution in [0.1, 0.15) is 19.3 Å². The number of nitrogens with zero attached hydrogens (tertiary/aromatic N) is 1. The van der Waals surface area contributed by atoms with Crippen molar-refractivity contribution in [3.05, 3.63) is 0 Å². The molecule has 67 valence electrons. The van der Waals surface area contributed by atoms with E-state index in [0.717, 1.165) is 19.3 Å². The highest BCUT2D eigenvalue weighted by Gasteiger charge is 2.27. The Morgan fingerprint density at radius 1 is 1.58 bits per heavy atom. The number of carbonyl (C=O) groups excluding carboxylic acids is 2. The van der Waals surface area contributed by atoms with E-state index in [4.69, 9.17) is 5.73 Å². The van der Waals surface area contributed by atoms with E-state index >= 15 is 0 Å². The summed E-state index contributed by atoms with van der Waals surface area (Å²) in [5.41, 5.74) is 5.20. The number of carbonyl (C=O) groups is 1. The summed E-state index contributed by atoms with van der Waals surface area (Å²) >= 11 is 0. The monoisotopic (exact) mass is 169 g/mol. The van der Waals surface area contributed by atoms with Gasteiger partial charge in [0.2, 0.25) is 12.2 Å². The van der Waals surface area contributed by atoms with Gasteiger partial charge >= 0.3 is 0 Å². The van der Waals surface area contributed by atoms with Gasteiger partial charge in [-0.1, -0.05) is 0 Å². The molecule has 0 aromatic heterocycles. The zero-order chi connectivity index (χ0) is 8.97. The molecular formula is C8H13N2O2. The summed E-state index contributed by atoms with van der Waals surface area (Å²) in [6, 6.07) is 0.238. The molecule has 12 heavy (non-hydrogen) atoms. The average molecular weight is 169 g/mol. The van der Waals surface area contributed by atoms with Crippen LogP contribution in [0.4, 0.5) is 0 Å². The SMILES string of the molecule is NCC(=O)N(C[C]=O)C1CCC1. The third-order valence-corrected chi connectivity index (χ3v) is 2.25. The molecule has 0 atom stereocenters. The lowest BCUT2D eigenvalue weighted by atomic mass is 9.91. The Labute approximate surface area is 71.7 Å². The van der Waals surface area contributed by atoms with Gasteiger partial charge < -0.3 is 10.6 Å². The third kappa shape index (κ3) is 1.82. The fraction of sp³-hybridized carbons (Fsp3) is 0.750. The van der Waals surface area contributed by atoms with Gasteiger partial charge in [0.05, 0.1) is 13.1 Å². The lowest BCUT2D eigenvalue weighted by Crippen LogP contribution is -2.47. The lowest BCUT2D eigenvalue weighted by molar-refractivity contribution is -0.132. The summed E-state index contributed by atoms with van der Waals surface area (Å²) in [5.74, 6) is -0.150. The Balaban J connectivity index is 2.46. The van der Waals surface area contributed by atoms with Crippen molar-refractivity contribution in [1.29, 1.82) is 0 Å². The molecule has 0 spiro atoms. The van der Waals surface area contributed by atoms with E-state index in [2.05, 4.69) is 0 Å². The molecule has 4 nitrogen and oxygen atoms in total. The summed E-state index contributed by atoms with van der Waals surface area (Å²) in [7, 11) is 0. The zero-order valence-corrected chi connectivity index (χ0v) is 6.95. The molecule has 0 unspecified atom stereocenters. The lowest BCUT2D eigenvalue weighted by Gasteiger charge is -2.35. The van der Waals surface area contributed by atoms with E-state index in [-0.39, 0.29) is 25.0 Å². The van der Waals surface area contributed by atoms with Crippen LogP contribution in [0.2, 0.25) is 0 Å². The van der Waals surface area contributed by atoms with E-state index in [9.17, 15) is 9.59 Å². The largest absolute Gasteiger partial charge is 0.331 e. The van der Waals surface area contributed by atoms with Gasteiger partial charge in [0.1, 0.15) is 0 Å². The van der Waals surface area contributed by atoms with Crippen LogP contribution < -0.4 is 5.73 Å². The van der Waals surface area contributed by atoms with Gasteiger partial charge in [-0.25, -0.2) is 0 Å². The van der Waals surface area contributed by atoms with Crippen molar-refractivity contribution in [2.45, 2.75) is 25.3 Å². The standard InChI is InChI=1S/C8H13N2O2/c9-6-8(12)10(4-5-11)7-2-1-3-7/h7H,1-4,6,9H2. The van der Waals surface area contributed by atoms with Crippen LogP contribution in [-0.2, 0) is 9.59 Å². The minimum atomic E-state index is -0.150. The van der Waals surface area contributed by atoms with Crippen LogP contribution in [0.15, 0.2) is 0 Å². The first kappa shape index (κ1) is 9.19. The zero-order valence-electron chi connectivity index (χ0n) is 6.95. The van der Waals surface area contributed by atoms with Crippen molar-refractivity contribution < 1.29 is 9.59 Å². The molecule has 0 heterocycles. The Hall–Kier alpha value is -0.900. The first-order valence-corrected chi connectivity index (χ1v) is 4.14. The van der Waals surface area contributed by atoms with Crippen LogP contribution in [-0.4, -0.2) is 36.2 Å². The first-order valence-electron chi connectivity index (χ1n) is 4.14. The van der Waals surface area contributed by atoms with E-state index in [0.29, 0.717) is 0 Å². The molecular weight excluding hydrogens is 156 g/mol. The summed E-state index contributed by atoms with van der Waals surface area (Å²) in [6.45, 7) is 0.0544. The van der Waals surface area contributed by atoms with Crippen LogP contribution in [0, 0.1) is 0 Å². The van der Waals surface area contributed by atoms with Gasteiger partial charge in [-0.2, -0.15) is 0 Å². The molecule has 1 aliphatic carbocycles. The van der Waals surface area contributed by atoms with E-state index in [1.54, 1.807) is 6.29 Å². The Morgan fingerprint density at radius 2 is 2.25 bits per heavy atom. The van der Waals surface area contributed by atoms with Gasteiger partial charge in [-0.3, -0.25) is 9.59 Å². The fourth-order valence-corrected chi connectivity index (χ4v) is 1.31. The minimum absolute atomic E-state index is 0.0157. The van der Waals surface area contributed by atoms with Gasteiger partial charge in [0.25, 0.3) is 0 Å². The number of amides is 1. The smallest absolute Gasteiger partial charge is 0.236 e. The predicted molar refractivity (Wildman–Crippen MR) is 44.1 cm³/mol. The average Bonchev–Trinajstić information content (AvgIpc) is 1.99. The third-order valence-electron chi connectivity index (χ3n) is 2.25. The molecule has 1 amide bonds. The van der Waals surface area contributed by atoms with Crippen molar-refractivity contribution in [2.24, 2.45) is 5.73 Å². The number of hydrogen-bond donors (Lipinski definition) is 1. The van der Waals surface area contributed by atoms with Crippen molar-refractivity contribution >= 4 is 12.2 Å². The van der Waals surface area contributed by atoms with E-state index < -0.39 is 0 Å². The number of rotatable bonds is 4. The maximum atomic E-state index is 11.2. The molecule has 1 fully saturated rings. The highest BCUT2D eigenvalue weighted by Crippen LogP contribution is 2.24. The van der Waals surface area contributed by atoms with E-state index in [1.165, 1.54) is 4.90 Å². The van der Waals surface area contributed by atoms with Crippen molar-refractivity contribution in [3.63, 3.8) is 0 Å². The molecule has 0 aromatic rings. The van der Waals surface area contributed by atoms with Crippen LogP contribution in [0.25, 0.3) is 0 Å². The molecule has 1 aliphatic rings. The maximum Gasteiger partial charge on any atom is 0.236 e. The molecule has 2 N–H and O–H groups in total. The topological polar surface area (TPSA) is 63.4 Å². The molecule has 4 heteroatoms. The van der Waals surface area contributed by atoms with Gasteiger partial charge in [0.15, 0.2) is 0 Å². The second-order valence-corrected chi connectivity index (χ2v) is 2.95. The quantitative estimate of drug-likeness (QED) is 0.613. The van der Waals surface area contributed by atoms with Crippen molar-refractivity contribution in [2.75, 3.05) is 13.1 Å². The van der Waals surface area contributed by atoms with E-state index in [1.807, 2.05) is 0 Å². The molecule has 0 saturated heterocycles. The Morgan fingerprint density at radius 3 is 2.58 bits per heavy atom. The fourth-order valence-electron chi connectivity index (χ4n) is 1.31. The maximum absolute atomic E-state index is 11.2. The molecule has 1 radical (unpaired) electrons. The summed E-state index contributed by atoms with van der Waals surface area (Å²) in [5, 5.41) is 0. The summed E-state index contributed by atoms with van der Waals surface area (Å²) in [6.07, 6.45) is 4.86. The normalized spacial score (nSPS) is 16.8. The molecule has 1 rings (SSSR count). The minimum Gasteiger partial charge on any atom is -0.331 e. The number of nitrogens with two attached hydrogens (primary N) is 1. The highest BCUT2D eigenvalue weighted by atomic mass is 16.2. The predicted octanol–water partition coefficient (Wildman–Crippen LogP) is -0.564. The van der Waals surface area contributed by atoms with Gasteiger partial charge in [-0.15, -0.1) is 0 Å². The molecule has 0 aromatic carbocycles. The molecule has 1 saturated carbocycles. The van der Waals surface area contributed by atoms with Crippen molar-refractivity contribution in [1.82, 2.24) is 4.90 Å². The number of hydrogen-bond acceptors (Lipinski definition) is 3. The second-order valence-electron chi connectivity index (χ2n) is 2.95. The summed E-state index contributed by atoms with van der Waals surface area (Å²) < 4.78 is 0. The van der Waals surface area contributed by atoms with Gasteiger partial charge in [0, 0.05) is 6.04 Å². The van der Waals surface area contributed by atoms with Crippen LogP contribution in [0.3, 0.4) is 0 Å².